The number of ether oxygens (including phenoxy) is 3. The molecule has 0 fully saturated rings. The van der Waals surface area contributed by atoms with Gasteiger partial charge in [-0.25, -0.2) is 4.39 Å². The lowest BCUT2D eigenvalue weighted by Crippen LogP contribution is -2.36. The lowest BCUT2D eigenvalue weighted by molar-refractivity contribution is 0.323. The van der Waals surface area contributed by atoms with E-state index in [-0.39, 0.29) is 5.82 Å². The molecule has 3 rings (SSSR count). The summed E-state index contributed by atoms with van der Waals surface area (Å²) < 4.78 is 35.5. The molecular weight excluding hydrogens is 389 g/mol. The van der Waals surface area contributed by atoms with Crippen molar-refractivity contribution in [1.29, 1.82) is 0 Å². The molecule has 160 valence electrons. The number of nitrogens with one attached hydrogen (secondary N) is 2. The summed E-state index contributed by atoms with van der Waals surface area (Å²) in [6.07, 6.45) is 0. The van der Waals surface area contributed by atoms with Crippen molar-refractivity contribution in [1.82, 2.24) is 10.6 Å². The van der Waals surface area contributed by atoms with Crippen LogP contribution in [0, 0.1) is 12.7 Å². The van der Waals surface area contributed by atoms with Crippen LogP contribution in [0.5, 0.6) is 17.2 Å². The lowest BCUT2D eigenvalue weighted by Gasteiger charge is -2.15. The third kappa shape index (κ3) is 4.42. The van der Waals surface area contributed by atoms with Gasteiger partial charge in [0, 0.05) is 24.5 Å². The Labute approximate surface area is 174 Å². The molecule has 3 aromatic rings. The smallest absolute Gasteiger partial charge is 0.203 e. The molecule has 0 spiro atoms. The Morgan fingerprint density at radius 3 is 2.27 bits per heavy atom. The fraction of sp³-hybridized carbons (Fsp3) is 0.318. The summed E-state index contributed by atoms with van der Waals surface area (Å²) in [6, 6.07) is 8.26. The maximum atomic E-state index is 13.5. The molecular formula is C22H26FN3O4. The summed E-state index contributed by atoms with van der Waals surface area (Å²) in [5.41, 5.74) is 2.49. The highest BCUT2D eigenvalue weighted by Gasteiger charge is 2.14. The quantitative estimate of drug-likeness (QED) is 0.452. The number of aryl methyl sites for hydroxylation is 1. The number of halogens is 1. The summed E-state index contributed by atoms with van der Waals surface area (Å²) in [7, 11) is 6.41. The fourth-order valence-corrected chi connectivity index (χ4v) is 3.22. The Bertz CT molecular complexity index is 1040. The van der Waals surface area contributed by atoms with Crippen LogP contribution in [0.2, 0.25) is 0 Å². The molecule has 0 saturated carbocycles. The summed E-state index contributed by atoms with van der Waals surface area (Å²) in [4.78, 5) is 4.24. The van der Waals surface area contributed by atoms with Crippen molar-refractivity contribution in [2.75, 3.05) is 28.4 Å². The average Bonchev–Trinajstić information content (AvgIpc) is 3.07. The maximum absolute atomic E-state index is 13.5. The first-order chi connectivity index (χ1) is 14.5. The van der Waals surface area contributed by atoms with E-state index in [9.17, 15) is 4.39 Å². The Morgan fingerprint density at radius 1 is 1.00 bits per heavy atom. The Morgan fingerprint density at radius 2 is 1.67 bits per heavy atom. The number of guanidine groups is 1. The number of benzene rings is 2. The first-order valence-corrected chi connectivity index (χ1v) is 9.41. The highest BCUT2D eigenvalue weighted by atomic mass is 19.1. The Balaban J connectivity index is 1.68. The number of aliphatic imine (C=N–C) groups is 1. The molecule has 0 saturated heterocycles. The normalized spacial score (nSPS) is 11.5. The minimum Gasteiger partial charge on any atom is -0.493 e. The van der Waals surface area contributed by atoms with Crippen LogP contribution in [0.3, 0.4) is 0 Å². The van der Waals surface area contributed by atoms with Gasteiger partial charge >= 0.3 is 0 Å². The van der Waals surface area contributed by atoms with Gasteiger partial charge in [0.05, 0.1) is 27.9 Å². The van der Waals surface area contributed by atoms with E-state index < -0.39 is 0 Å². The molecule has 0 radical (unpaired) electrons. The number of rotatable bonds is 7. The first kappa shape index (κ1) is 21.3. The van der Waals surface area contributed by atoms with Crippen molar-refractivity contribution in [3.63, 3.8) is 0 Å². The van der Waals surface area contributed by atoms with Gasteiger partial charge in [-0.2, -0.15) is 0 Å². The minimum atomic E-state index is -0.284. The number of furan rings is 1. The predicted octanol–water partition coefficient (Wildman–Crippen LogP) is 3.77. The van der Waals surface area contributed by atoms with Crippen LogP contribution in [0.4, 0.5) is 4.39 Å². The monoisotopic (exact) mass is 415 g/mol. The second-order valence-electron chi connectivity index (χ2n) is 6.60. The van der Waals surface area contributed by atoms with Gasteiger partial charge in [0.15, 0.2) is 17.5 Å². The predicted molar refractivity (Wildman–Crippen MR) is 114 cm³/mol. The van der Waals surface area contributed by atoms with Gasteiger partial charge in [-0.1, -0.05) is 0 Å². The van der Waals surface area contributed by atoms with Crippen LogP contribution in [-0.4, -0.2) is 34.3 Å². The minimum absolute atomic E-state index is 0.284. The van der Waals surface area contributed by atoms with E-state index in [4.69, 9.17) is 18.6 Å². The van der Waals surface area contributed by atoms with Crippen LogP contribution in [0.25, 0.3) is 11.0 Å². The molecule has 0 unspecified atom stereocenters. The third-order valence-corrected chi connectivity index (χ3v) is 4.82. The summed E-state index contributed by atoms with van der Waals surface area (Å²) in [5.74, 6) is 2.75. The van der Waals surface area contributed by atoms with Crippen LogP contribution in [0.1, 0.15) is 16.9 Å². The largest absolute Gasteiger partial charge is 0.493 e. The molecule has 0 aliphatic rings. The van der Waals surface area contributed by atoms with Crippen molar-refractivity contribution in [2.45, 2.75) is 20.0 Å². The zero-order valence-corrected chi connectivity index (χ0v) is 17.8. The van der Waals surface area contributed by atoms with Crippen molar-refractivity contribution in [3.8, 4) is 17.2 Å². The molecule has 30 heavy (non-hydrogen) atoms. The van der Waals surface area contributed by atoms with E-state index in [1.54, 1.807) is 34.4 Å². The van der Waals surface area contributed by atoms with Crippen molar-refractivity contribution >= 4 is 16.9 Å². The van der Waals surface area contributed by atoms with Crippen LogP contribution >= 0.6 is 0 Å². The van der Waals surface area contributed by atoms with Gasteiger partial charge in [-0.15, -0.1) is 0 Å². The Hall–Kier alpha value is -3.42. The van der Waals surface area contributed by atoms with Crippen molar-refractivity contribution < 1.29 is 23.0 Å². The maximum Gasteiger partial charge on any atom is 0.203 e. The lowest BCUT2D eigenvalue weighted by atomic mass is 10.1. The van der Waals surface area contributed by atoms with Crippen LogP contribution < -0.4 is 24.8 Å². The molecule has 0 amide bonds. The van der Waals surface area contributed by atoms with E-state index in [0.29, 0.717) is 41.9 Å². The number of fused-ring (bicyclic) bond motifs is 1. The number of hydrogen-bond acceptors (Lipinski definition) is 5. The first-order valence-electron chi connectivity index (χ1n) is 9.41. The van der Waals surface area contributed by atoms with Gasteiger partial charge in [-0.05, 0) is 42.8 Å². The standard InChI is InChI=1S/C22H26FN3O4/c1-13-16-10-15(23)6-7-17(16)30-20(13)12-26-22(24-2)25-11-14-8-18(27-3)21(29-5)19(9-14)28-4/h6-10H,11-12H2,1-5H3,(H2,24,25,26). The summed E-state index contributed by atoms with van der Waals surface area (Å²) in [5, 5.41) is 7.23. The SMILES string of the molecule is CN=C(NCc1cc(OC)c(OC)c(OC)c1)NCc1oc2ccc(F)cc2c1C. The number of methoxy groups -OCH3 is 3. The van der Waals surface area contributed by atoms with Gasteiger partial charge < -0.3 is 29.3 Å². The number of nitrogens with zero attached hydrogens (tertiary/aromatic N) is 1. The zero-order chi connectivity index (χ0) is 21.7. The van der Waals surface area contributed by atoms with E-state index in [0.717, 1.165) is 22.3 Å². The van der Waals surface area contributed by atoms with Gasteiger partial charge in [-0.3, -0.25) is 4.99 Å². The molecule has 8 heteroatoms. The molecule has 2 N–H and O–H groups in total. The molecule has 0 atom stereocenters. The molecule has 2 aromatic carbocycles. The Kier molecular flexibility index (Phi) is 6.66. The summed E-state index contributed by atoms with van der Waals surface area (Å²) >= 11 is 0. The van der Waals surface area contributed by atoms with Crippen LogP contribution in [0.15, 0.2) is 39.7 Å². The van der Waals surface area contributed by atoms with Gasteiger partial charge in [0.25, 0.3) is 0 Å². The van der Waals surface area contributed by atoms with E-state index in [1.165, 1.54) is 12.1 Å². The molecule has 7 nitrogen and oxygen atoms in total. The fourth-order valence-electron chi connectivity index (χ4n) is 3.22. The van der Waals surface area contributed by atoms with Gasteiger partial charge in [0.1, 0.15) is 17.2 Å². The summed E-state index contributed by atoms with van der Waals surface area (Å²) in [6.45, 7) is 2.81. The molecule has 0 aliphatic carbocycles. The second-order valence-corrected chi connectivity index (χ2v) is 6.60. The molecule has 1 aromatic heterocycles. The second kappa shape index (κ2) is 9.39. The topological polar surface area (TPSA) is 77.3 Å². The van der Waals surface area contributed by atoms with E-state index >= 15 is 0 Å². The van der Waals surface area contributed by atoms with Crippen molar-refractivity contribution in [3.05, 3.63) is 53.0 Å². The number of hydrogen-bond donors (Lipinski definition) is 2. The average molecular weight is 415 g/mol. The molecule has 0 aliphatic heterocycles. The third-order valence-electron chi connectivity index (χ3n) is 4.82. The van der Waals surface area contributed by atoms with Crippen LogP contribution in [-0.2, 0) is 13.1 Å². The molecule has 1 heterocycles. The van der Waals surface area contributed by atoms with E-state index in [2.05, 4.69) is 15.6 Å². The van der Waals surface area contributed by atoms with Gasteiger partial charge in [0.2, 0.25) is 5.75 Å². The van der Waals surface area contributed by atoms with E-state index in [1.807, 2.05) is 19.1 Å². The zero-order valence-electron chi connectivity index (χ0n) is 17.8. The van der Waals surface area contributed by atoms with Crippen molar-refractivity contribution in [2.24, 2.45) is 4.99 Å². The highest BCUT2D eigenvalue weighted by Crippen LogP contribution is 2.38. The highest BCUT2D eigenvalue weighted by molar-refractivity contribution is 5.83. The molecule has 0 bridgehead atoms.